The lowest BCUT2D eigenvalue weighted by atomic mass is 10.2. The van der Waals surface area contributed by atoms with E-state index in [9.17, 15) is 13.2 Å². The van der Waals surface area contributed by atoms with Crippen molar-refractivity contribution in [3.05, 3.63) is 64.6 Å². The molecule has 3 aromatic rings. The fourth-order valence-electron chi connectivity index (χ4n) is 2.67. The number of benzene rings is 1. The van der Waals surface area contributed by atoms with Crippen LogP contribution in [-0.4, -0.2) is 25.9 Å². The number of hydrogen-bond donors (Lipinski definition) is 2. The third-order valence-electron chi connectivity index (χ3n) is 4.22. The Morgan fingerprint density at radius 1 is 1.13 bits per heavy atom. The maximum atomic E-state index is 12.4. The molecule has 1 amide bonds. The Morgan fingerprint density at radius 3 is 2.58 bits per heavy atom. The standard InChI is InChI=1S/C21H22ClN3O4S2/c1-2-3-4-13-23-20(26)17-6-5-14-24-21(17)29-16-9-7-15(8-10-16)25-31(27,28)19-12-11-18(22)30-19/h5-12,14,25H,2-4,13H2,1H3,(H,23,26). The van der Waals surface area contributed by atoms with E-state index in [0.29, 0.717) is 27.9 Å². The van der Waals surface area contributed by atoms with Crippen molar-refractivity contribution in [2.24, 2.45) is 0 Å². The number of unbranched alkanes of at least 4 members (excludes halogenated alkanes) is 2. The molecule has 0 aliphatic heterocycles. The van der Waals surface area contributed by atoms with E-state index in [1.807, 2.05) is 0 Å². The van der Waals surface area contributed by atoms with Crippen LogP contribution in [0, 0.1) is 0 Å². The van der Waals surface area contributed by atoms with Crippen molar-refractivity contribution in [3.8, 4) is 11.6 Å². The van der Waals surface area contributed by atoms with Crippen LogP contribution in [0.4, 0.5) is 5.69 Å². The van der Waals surface area contributed by atoms with Gasteiger partial charge < -0.3 is 10.1 Å². The molecule has 3 rings (SSSR count). The van der Waals surface area contributed by atoms with Crippen molar-refractivity contribution in [3.63, 3.8) is 0 Å². The van der Waals surface area contributed by atoms with Crippen LogP contribution in [-0.2, 0) is 10.0 Å². The molecule has 0 fully saturated rings. The first-order valence-corrected chi connectivity index (χ1v) is 12.4. The second-order valence-electron chi connectivity index (χ2n) is 6.61. The van der Waals surface area contributed by atoms with Gasteiger partial charge in [-0.25, -0.2) is 13.4 Å². The van der Waals surface area contributed by atoms with Gasteiger partial charge in [-0.2, -0.15) is 0 Å². The zero-order valence-corrected chi connectivity index (χ0v) is 19.2. The first-order valence-electron chi connectivity index (χ1n) is 9.68. The molecule has 0 saturated heterocycles. The van der Waals surface area contributed by atoms with Crippen LogP contribution in [0.2, 0.25) is 4.34 Å². The van der Waals surface area contributed by atoms with Gasteiger partial charge in [0, 0.05) is 18.4 Å². The Labute approximate surface area is 190 Å². The summed E-state index contributed by atoms with van der Waals surface area (Å²) in [4.78, 5) is 16.6. The molecule has 2 aromatic heterocycles. The first kappa shape index (κ1) is 23.1. The molecule has 10 heteroatoms. The monoisotopic (exact) mass is 479 g/mol. The maximum absolute atomic E-state index is 12.4. The van der Waals surface area contributed by atoms with Crippen molar-refractivity contribution in [2.45, 2.75) is 30.4 Å². The van der Waals surface area contributed by atoms with Gasteiger partial charge in [-0.3, -0.25) is 9.52 Å². The molecule has 2 N–H and O–H groups in total. The fourth-order valence-corrected chi connectivity index (χ4v) is 5.21. The number of nitrogens with one attached hydrogen (secondary N) is 2. The highest BCUT2D eigenvalue weighted by Crippen LogP contribution is 2.28. The van der Waals surface area contributed by atoms with Gasteiger partial charge in [0.05, 0.1) is 4.34 Å². The first-order chi connectivity index (χ1) is 14.9. The zero-order valence-electron chi connectivity index (χ0n) is 16.8. The molecular formula is C21H22ClN3O4S2. The topological polar surface area (TPSA) is 97.4 Å². The molecule has 0 aliphatic rings. The maximum Gasteiger partial charge on any atom is 0.271 e. The predicted molar refractivity (Wildman–Crippen MR) is 123 cm³/mol. The van der Waals surface area contributed by atoms with E-state index in [1.165, 1.54) is 18.3 Å². The fraction of sp³-hybridized carbons (Fsp3) is 0.238. The van der Waals surface area contributed by atoms with Gasteiger partial charge in [-0.05, 0) is 55.0 Å². The highest BCUT2D eigenvalue weighted by Gasteiger charge is 2.17. The number of nitrogens with zero attached hydrogens (tertiary/aromatic N) is 1. The Morgan fingerprint density at radius 2 is 1.90 bits per heavy atom. The molecule has 7 nitrogen and oxygen atoms in total. The van der Waals surface area contributed by atoms with Crippen LogP contribution in [0.15, 0.2) is 58.9 Å². The van der Waals surface area contributed by atoms with E-state index in [-0.39, 0.29) is 16.0 Å². The van der Waals surface area contributed by atoms with Gasteiger partial charge in [-0.1, -0.05) is 31.4 Å². The van der Waals surface area contributed by atoms with Crippen molar-refractivity contribution >= 4 is 44.6 Å². The van der Waals surface area contributed by atoms with Crippen LogP contribution in [0.25, 0.3) is 0 Å². The number of anilines is 1. The molecule has 31 heavy (non-hydrogen) atoms. The van der Waals surface area contributed by atoms with Crippen molar-refractivity contribution < 1.29 is 17.9 Å². The summed E-state index contributed by atoms with van der Waals surface area (Å²) in [6.45, 7) is 2.69. The van der Waals surface area contributed by atoms with Gasteiger partial charge >= 0.3 is 0 Å². The molecule has 2 heterocycles. The van der Waals surface area contributed by atoms with Crippen molar-refractivity contribution in [1.82, 2.24) is 10.3 Å². The number of ether oxygens (including phenoxy) is 1. The van der Waals surface area contributed by atoms with Crippen molar-refractivity contribution in [2.75, 3.05) is 11.3 Å². The Balaban J connectivity index is 1.67. The number of amides is 1. The molecule has 0 radical (unpaired) electrons. The lowest BCUT2D eigenvalue weighted by molar-refractivity contribution is 0.0950. The van der Waals surface area contributed by atoms with Gasteiger partial charge in [0.2, 0.25) is 5.88 Å². The Kier molecular flexibility index (Phi) is 7.89. The average molecular weight is 480 g/mol. The van der Waals surface area contributed by atoms with Crippen LogP contribution >= 0.6 is 22.9 Å². The summed E-state index contributed by atoms with van der Waals surface area (Å²) in [6.07, 6.45) is 4.57. The van der Waals surface area contributed by atoms with Gasteiger partial charge in [0.15, 0.2) is 0 Å². The third kappa shape index (κ3) is 6.43. The summed E-state index contributed by atoms with van der Waals surface area (Å²) in [5.41, 5.74) is 0.699. The molecular weight excluding hydrogens is 458 g/mol. The van der Waals surface area contributed by atoms with Gasteiger partial charge in [-0.15, -0.1) is 11.3 Å². The zero-order chi connectivity index (χ0) is 22.3. The number of aromatic nitrogens is 1. The van der Waals surface area contributed by atoms with Gasteiger partial charge in [0.1, 0.15) is 15.5 Å². The SMILES string of the molecule is CCCCCNC(=O)c1cccnc1Oc1ccc(NS(=O)(=O)c2ccc(Cl)s2)cc1. The minimum Gasteiger partial charge on any atom is -0.438 e. The Hall–Kier alpha value is -2.62. The van der Waals surface area contributed by atoms with E-state index in [0.717, 1.165) is 30.6 Å². The van der Waals surface area contributed by atoms with Crippen LogP contribution in [0.1, 0.15) is 36.5 Å². The third-order valence-corrected chi connectivity index (χ3v) is 7.32. The minimum atomic E-state index is -3.72. The predicted octanol–water partition coefficient (Wildman–Crippen LogP) is 5.31. The number of carbonyl (C=O) groups is 1. The smallest absolute Gasteiger partial charge is 0.271 e. The molecule has 0 saturated carbocycles. The molecule has 0 bridgehead atoms. The number of rotatable bonds is 10. The minimum absolute atomic E-state index is 0.126. The second-order valence-corrected chi connectivity index (χ2v) is 10.2. The highest BCUT2D eigenvalue weighted by molar-refractivity contribution is 7.94. The van der Waals surface area contributed by atoms with E-state index < -0.39 is 10.0 Å². The average Bonchev–Trinajstić information content (AvgIpc) is 3.20. The summed E-state index contributed by atoms with van der Waals surface area (Å²) >= 11 is 6.80. The molecule has 0 atom stereocenters. The van der Waals surface area contributed by atoms with Crippen LogP contribution in [0.5, 0.6) is 11.6 Å². The number of halogens is 1. The normalized spacial score (nSPS) is 11.2. The second kappa shape index (κ2) is 10.6. The summed E-state index contributed by atoms with van der Waals surface area (Å²) in [5, 5.41) is 2.87. The van der Waals surface area contributed by atoms with E-state index >= 15 is 0 Å². The highest BCUT2D eigenvalue weighted by atomic mass is 35.5. The van der Waals surface area contributed by atoms with Crippen LogP contribution in [0.3, 0.4) is 0 Å². The molecule has 164 valence electrons. The summed E-state index contributed by atoms with van der Waals surface area (Å²) in [7, 11) is -3.72. The molecule has 0 unspecified atom stereocenters. The van der Waals surface area contributed by atoms with Crippen molar-refractivity contribution in [1.29, 1.82) is 0 Å². The number of thiophene rings is 1. The van der Waals surface area contributed by atoms with E-state index in [1.54, 1.807) is 36.4 Å². The lowest BCUT2D eigenvalue weighted by Gasteiger charge is -2.11. The number of sulfonamides is 1. The number of hydrogen-bond acceptors (Lipinski definition) is 6. The van der Waals surface area contributed by atoms with E-state index in [4.69, 9.17) is 16.3 Å². The summed E-state index contributed by atoms with van der Waals surface area (Å²) in [6, 6.07) is 12.6. The molecule has 0 aliphatic carbocycles. The van der Waals surface area contributed by atoms with Gasteiger partial charge in [0.25, 0.3) is 15.9 Å². The van der Waals surface area contributed by atoms with E-state index in [2.05, 4.69) is 21.9 Å². The van der Waals surface area contributed by atoms with Crippen LogP contribution < -0.4 is 14.8 Å². The Bertz CT molecular complexity index is 1130. The summed E-state index contributed by atoms with van der Waals surface area (Å²) < 4.78 is 33.6. The largest absolute Gasteiger partial charge is 0.438 e. The quantitative estimate of drug-likeness (QED) is 0.384. The number of pyridine rings is 1. The molecule has 0 spiro atoms. The number of carbonyl (C=O) groups excluding carboxylic acids is 1. The lowest BCUT2D eigenvalue weighted by Crippen LogP contribution is -2.25. The molecule has 1 aromatic carbocycles. The summed E-state index contributed by atoms with van der Waals surface area (Å²) in [5.74, 6) is 0.344.